The second kappa shape index (κ2) is 5.88. The van der Waals surface area contributed by atoms with Gasteiger partial charge in [0.25, 0.3) is 0 Å². The molecule has 0 saturated carbocycles. The predicted molar refractivity (Wildman–Crippen MR) is 71.8 cm³/mol. The molecule has 0 fully saturated rings. The Hall–Kier alpha value is -2.14. The van der Waals surface area contributed by atoms with Crippen LogP contribution in [0.25, 0.3) is 0 Å². The predicted octanol–water partition coefficient (Wildman–Crippen LogP) is 3.86. The lowest BCUT2D eigenvalue weighted by Gasteiger charge is -2.16. The summed E-state index contributed by atoms with van der Waals surface area (Å²) < 4.78 is 26.3. The van der Waals surface area contributed by atoms with Crippen LogP contribution in [0.5, 0.6) is 0 Å². The average Bonchev–Trinajstić information content (AvgIpc) is 2.36. The van der Waals surface area contributed by atoms with Crippen molar-refractivity contribution >= 4 is 23.3 Å². The van der Waals surface area contributed by atoms with Crippen molar-refractivity contribution in [3.8, 4) is 0 Å². The number of benzene rings is 2. The maximum Gasteiger partial charge on any atom is 0.330 e. The maximum absolute atomic E-state index is 13.2. The van der Waals surface area contributed by atoms with E-state index in [4.69, 9.17) is 11.6 Å². The van der Waals surface area contributed by atoms with E-state index in [0.717, 1.165) is 12.1 Å². The quantitative estimate of drug-likeness (QED) is 0.901. The van der Waals surface area contributed by atoms with Crippen molar-refractivity contribution in [1.29, 1.82) is 0 Å². The van der Waals surface area contributed by atoms with Crippen LogP contribution in [0.2, 0.25) is 5.02 Å². The van der Waals surface area contributed by atoms with E-state index in [-0.39, 0.29) is 5.56 Å². The summed E-state index contributed by atoms with van der Waals surface area (Å²) in [5.41, 5.74) is 0.469. The van der Waals surface area contributed by atoms with Gasteiger partial charge in [0.15, 0.2) is 6.04 Å². The van der Waals surface area contributed by atoms with Crippen LogP contribution >= 0.6 is 11.6 Å². The largest absolute Gasteiger partial charge is 0.479 e. The highest BCUT2D eigenvalue weighted by atomic mass is 35.5. The average molecular weight is 298 g/mol. The number of hydrogen-bond donors (Lipinski definition) is 2. The first kappa shape index (κ1) is 14.3. The van der Waals surface area contributed by atoms with E-state index in [1.165, 1.54) is 0 Å². The minimum absolute atomic E-state index is 0.00931. The summed E-state index contributed by atoms with van der Waals surface area (Å²) in [4.78, 5) is 11.3. The lowest BCUT2D eigenvalue weighted by Crippen LogP contribution is -2.20. The molecule has 0 spiro atoms. The van der Waals surface area contributed by atoms with Crippen LogP contribution in [0.15, 0.2) is 42.5 Å². The molecule has 0 heterocycles. The molecule has 1 unspecified atom stereocenters. The monoisotopic (exact) mass is 297 g/mol. The first-order valence-corrected chi connectivity index (χ1v) is 6.04. The van der Waals surface area contributed by atoms with Gasteiger partial charge in [-0.15, -0.1) is 0 Å². The molecule has 0 aliphatic heterocycles. The molecule has 20 heavy (non-hydrogen) atoms. The highest BCUT2D eigenvalue weighted by molar-refractivity contribution is 6.30. The van der Waals surface area contributed by atoms with Gasteiger partial charge in [-0.2, -0.15) is 0 Å². The molecule has 2 rings (SSSR count). The van der Waals surface area contributed by atoms with Crippen molar-refractivity contribution in [2.75, 3.05) is 5.32 Å². The molecule has 0 amide bonds. The van der Waals surface area contributed by atoms with Crippen LogP contribution in [-0.2, 0) is 4.79 Å². The minimum Gasteiger partial charge on any atom is -0.479 e. The Labute approximate surface area is 118 Å². The van der Waals surface area contributed by atoms with E-state index in [9.17, 15) is 18.7 Å². The van der Waals surface area contributed by atoms with Crippen LogP contribution in [0.4, 0.5) is 14.5 Å². The van der Waals surface area contributed by atoms with E-state index >= 15 is 0 Å². The molecule has 0 radical (unpaired) electrons. The minimum atomic E-state index is -1.26. The summed E-state index contributed by atoms with van der Waals surface area (Å²) in [7, 11) is 0. The smallest absolute Gasteiger partial charge is 0.330 e. The van der Waals surface area contributed by atoms with Crippen molar-refractivity contribution in [1.82, 2.24) is 0 Å². The number of rotatable bonds is 4. The number of anilines is 1. The van der Waals surface area contributed by atoms with Crippen molar-refractivity contribution < 1.29 is 18.7 Å². The number of carbonyl (C=O) groups is 1. The fourth-order valence-corrected chi connectivity index (χ4v) is 1.87. The zero-order valence-electron chi connectivity index (χ0n) is 10.1. The number of carboxylic acids is 1. The van der Waals surface area contributed by atoms with Crippen molar-refractivity contribution in [2.45, 2.75) is 6.04 Å². The number of nitrogens with one attached hydrogen (secondary N) is 1. The third-order valence-electron chi connectivity index (χ3n) is 2.62. The number of carboxylic acid groups (broad SMARTS) is 1. The molecule has 0 aliphatic carbocycles. The summed E-state index contributed by atoms with van der Waals surface area (Å²) in [5, 5.41) is 12.4. The third kappa shape index (κ3) is 3.45. The van der Waals surface area contributed by atoms with Crippen molar-refractivity contribution in [2.24, 2.45) is 0 Å². The Bertz CT molecular complexity index is 611. The first-order chi connectivity index (χ1) is 9.45. The van der Waals surface area contributed by atoms with Gasteiger partial charge in [-0.05, 0) is 42.0 Å². The molecule has 3 nitrogen and oxygen atoms in total. The van der Waals surface area contributed by atoms with Crippen LogP contribution in [0.3, 0.4) is 0 Å². The second-order valence-corrected chi connectivity index (χ2v) is 4.56. The number of aliphatic carboxylic acids is 1. The normalized spacial score (nSPS) is 11.9. The zero-order valence-corrected chi connectivity index (χ0v) is 10.9. The number of hydrogen-bond acceptors (Lipinski definition) is 2. The Morgan fingerprint density at radius 3 is 2.15 bits per heavy atom. The van der Waals surface area contributed by atoms with Gasteiger partial charge in [-0.25, -0.2) is 13.6 Å². The topological polar surface area (TPSA) is 49.3 Å². The molecule has 0 bridgehead atoms. The second-order valence-electron chi connectivity index (χ2n) is 4.13. The zero-order chi connectivity index (χ0) is 14.7. The third-order valence-corrected chi connectivity index (χ3v) is 2.87. The Kier molecular flexibility index (Phi) is 4.20. The lowest BCUT2D eigenvalue weighted by atomic mass is 10.1. The summed E-state index contributed by atoms with van der Waals surface area (Å²) in [6, 6.07) is 7.69. The van der Waals surface area contributed by atoms with E-state index in [1.54, 1.807) is 24.3 Å². The number of halogens is 3. The van der Waals surface area contributed by atoms with E-state index < -0.39 is 23.6 Å². The van der Waals surface area contributed by atoms with E-state index in [0.29, 0.717) is 16.8 Å². The summed E-state index contributed by atoms with van der Waals surface area (Å²) in [6.07, 6.45) is 0. The summed E-state index contributed by atoms with van der Waals surface area (Å²) >= 11 is 5.73. The van der Waals surface area contributed by atoms with Crippen LogP contribution in [0, 0.1) is 11.6 Å². The molecule has 6 heteroatoms. The van der Waals surface area contributed by atoms with E-state index in [2.05, 4.69) is 5.32 Å². The molecule has 2 aromatic rings. The Morgan fingerprint density at radius 1 is 1.10 bits per heavy atom. The van der Waals surface area contributed by atoms with Gasteiger partial charge < -0.3 is 10.4 Å². The lowest BCUT2D eigenvalue weighted by molar-refractivity contribution is -0.138. The standard InChI is InChI=1S/C14H10ClF2NO2/c15-9-1-3-12(4-2-9)18-13(14(19)20)8-5-10(16)7-11(17)6-8/h1-7,13,18H,(H,19,20). The van der Waals surface area contributed by atoms with Gasteiger partial charge in [0.1, 0.15) is 11.6 Å². The molecule has 0 aliphatic rings. The van der Waals surface area contributed by atoms with Gasteiger partial charge in [0, 0.05) is 16.8 Å². The van der Waals surface area contributed by atoms with Crippen LogP contribution in [0.1, 0.15) is 11.6 Å². The molecular weight excluding hydrogens is 288 g/mol. The molecule has 1 atom stereocenters. The fourth-order valence-electron chi connectivity index (χ4n) is 1.74. The molecule has 2 N–H and O–H groups in total. The SMILES string of the molecule is O=C(O)C(Nc1ccc(Cl)cc1)c1cc(F)cc(F)c1. The molecule has 104 valence electrons. The van der Waals surface area contributed by atoms with Gasteiger partial charge >= 0.3 is 5.97 Å². The first-order valence-electron chi connectivity index (χ1n) is 5.66. The van der Waals surface area contributed by atoms with Gasteiger partial charge in [-0.3, -0.25) is 0 Å². The summed E-state index contributed by atoms with van der Waals surface area (Å²) in [6.45, 7) is 0. The maximum atomic E-state index is 13.2. The Morgan fingerprint density at radius 2 is 1.65 bits per heavy atom. The van der Waals surface area contributed by atoms with Crippen LogP contribution < -0.4 is 5.32 Å². The highest BCUT2D eigenvalue weighted by Crippen LogP contribution is 2.23. The van der Waals surface area contributed by atoms with Gasteiger partial charge in [-0.1, -0.05) is 11.6 Å². The fraction of sp³-hybridized carbons (Fsp3) is 0.0714. The van der Waals surface area contributed by atoms with E-state index in [1.807, 2.05) is 0 Å². The Balaban J connectivity index is 2.31. The van der Waals surface area contributed by atoms with Crippen molar-refractivity contribution in [3.05, 3.63) is 64.7 Å². The van der Waals surface area contributed by atoms with Gasteiger partial charge in [0.05, 0.1) is 0 Å². The van der Waals surface area contributed by atoms with Gasteiger partial charge in [0.2, 0.25) is 0 Å². The molecule has 2 aromatic carbocycles. The summed E-state index contributed by atoms with van der Waals surface area (Å²) in [5.74, 6) is -2.90. The molecule has 0 saturated heterocycles. The van der Waals surface area contributed by atoms with Crippen molar-refractivity contribution in [3.63, 3.8) is 0 Å². The van der Waals surface area contributed by atoms with Crippen LogP contribution in [-0.4, -0.2) is 11.1 Å². The molecular formula is C14H10ClF2NO2. The highest BCUT2D eigenvalue weighted by Gasteiger charge is 2.21. The molecule has 0 aromatic heterocycles.